The average Bonchev–Trinajstić information content (AvgIpc) is 2.71. The first-order valence-electron chi connectivity index (χ1n) is 5.92. The van der Waals surface area contributed by atoms with Crippen LogP contribution in [0.2, 0.25) is 0 Å². The van der Waals surface area contributed by atoms with E-state index in [-0.39, 0.29) is 5.54 Å². The number of aromatic nitrogens is 2. The Labute approximate surface area is 107 Å². The molecule has 4 nitrogen and oxygen atoms in total. The second kappa shape index (κ2) is 4.37. The summed E-state index contributed by atoms with van der Waals surface area (Å²) in [6, 6.07) is 7.75. The lowest BCUT2D eigenvalue weighted by Crippen LogP contribution is -2.22. The predicted octanol–water partition coefficient (Wildman–Crippen LogP) is 2.90. The van der Waals surface area contributed by atoms with Crippen molar-refractivity contribution in [1.29, 1.82) is 0 Å². The van der Waals surface area contributed by atoms with Crippen LogP contribution in [-0.2, 0) is 5.54 Å². The van der Waals surface area contributed by atoms with Gasteiger partial charge in [-0.2, -0.15) is 5.10 Å². The van der Waals surface area contributed by atoms with Crippen LogP contribution in [-0.4, -0.2) is 16.9 Å². The monoisotopic (exact) mass is 245 g/mol. The minimum absolute atomic E-state index is 0.0889. The fraction of sp³-hybridized carbons (Fsp3) is 0.357. The van der Waals surface area contributed by atoms with Gasteiger partial charge in [0.05, 0.1) is 18.3 Å². The van der Waals surface area contributed by atoms with E-state index in [0.29, 0.717) is 5.69 Å². The number of nitrogens with zero attached hydrogens (tertiary/aromatic N) is 2. The fourth-order valence-corrected chi connectivity index (χ4v) is 1.78. The van der Waals surface area contributed by atoms with Gasteiger partial charge in [-0.1, -0.05) is 12.1 Å². The molecular weight excluding hydrogens is 226 g/mol. The van der Waals surface area contributed by atoms with Crippen molar-refractivity contribution in [3.8, 4) is 17.0 Å². The van der Waals surface area contributed by atoms with Crippen molar-refractivity contribution in [3.63, 3.8) is 0 Å². The summed E-state index contributed by atoms with van der Waals surface area (Å²) in [4.78, 5) is 0. The predicted molar refractivity (Wildman–Crippen MR) is 73.6 cm³/mol. The molecular formula is C14H19N3O. The summed E-state index contributed by atoms with van der Waals surface area (Å²) in [6.07, 6.45) is 1.86. The summed E-state index contributed by atoms with van der Waals surface area (Å²) in [5.74, 6) is 0.781. The summed E-state index contributed by atoms with van der Waals surface area (Å²) in [5.41, 5.74) is 8.31. The van der Waals surface area contributed by atoms with Crippen LogP contribution in [0, 0.1) is 0 Å². The quantitative estimate of drug-likeness (QED) is 0.885. The fourth-order valence-electron chi connectivity index (χ4n) is 1.78. The molecule has 0 saturated heterocycles. The van der Waals surface area contributed by atoms with E-state index in [1.54, 1.807) is 7.11 Å². The van der Waals surface area contributed by atoms with Gasteiger partial charge in [-0.15, -0.1) is 0 Å². The number of hydrogen-bond donors (Lipinski definition) is 1. The van der Waals surface area contributed by atoms with Crippen molar-refractivity contribution < 1.29 is 4.74 Å². The maximum Gasteiger partial charge on any atom is 0.128 e. The maximum absolute atomic E-state index is 6.05. The van der Waals surface area contributed by atoms with Crippen LogP contribution in [0.3, 0.4) is 0 Å². The SMILES string of the molecule is COc1ccccc1-c1nn(C(C)(C)C)cc1N. The van der Waals surface area contributed by atoms with Crippen LogP contribution >= 0.6 is 0 Å². The number of para-hydroxylation sites is 1. The van der Waals surface area contributed by atoms with Gasteiger partial charge in [0.15, 0.2) is 0 Å². The Morgan fingerprint density at radius 2 is 1.89 bits per heavy atom. The second-order valence-corrected chi connectivity index (χ2v) is 5.25. The zero-order valence-electron chi connectivity index (χ0n) is 11.3. The lowest BCUT2D eigenvalue weighted by atomic mass is 10.1. The molecule has 0 aliphatic carbocycles. The highest BCUT2D eigenvalue weighted by Gasteiger charge is 2.19. The molecule has 1 aromatic carbocycles. The molecule has 0 aliphatic rings. The molecule has 96 valence electrons. The Bertz CT molecular complexity index is 552. The molecule has 0 aliphatic heterocycles. The third kappa shape index (κ3) is 2.18. The van der Waals surface area contributed by atoms with Gasteiger partial charge in [-0.05, 0) is 32.9 Å². The maximum atomic E-state index is 6.05. The number of methoxy groups -OCH3 is 1. The van der Waals surface area contributed by atoms with Gasteiger partial charge in [-0.25, -0.2) is 0 Å². The zero-order chi connectivity index (χ0) is 13.3. The summed E-state index contributed by atoms with van der Waals surface area (Å²) in [6.45, 7) is 6.27. The van der Waals surface area contributed by atoms with E-state index in [1.165, 1.54) is 0 Å². The Balaban J connectivity index is 2.55. The van der Waals surface area contributed by atoms with Crippen LogP contribution in [0.5, 0.6) is 5.75 Å². The lowest BCUT2D eigenvalue weighted by Gasteiger charge is -2.18. The molecule has 2 rings (SSSR count). The van der Waals surface area contributed by atoms with Crippen LogP contribution in [0.1, 0.15) is 20.8 Å². The average molecular weight is 245 g/mol. The number of anilines is 1. The number of benzene rings is 1. The molecule has 0 spiro atoms. The van der Waals surface area contributed by atoms with E-state index in [1.807, 2.05) is 35.1 Å². The first-order chi connectivity index (χ1) is 8.43. The minimum Gasteiger partial charge on any atom is -0.496 e. The molecule has 0 atom stereocenters. The van der Waals surface area contributed by atoms with Gasteiger partial charge in [-0.3, -0.25) is 4.68 Å². The molecule has 0 radical (unpaired) electrons. The Morgan fingerprint density at radius 1 is 1.22 bits per heavy atom. The number of ether oxygens (including phenoxy) is 1. The van der Waals surface area contributed by atoms with Crippen molar-refractivity contribution in [1.82, 2.24) is 9.78 Å². The first kappa shape index (κ1) is 12.5. The van der Waals surface area contributed by atoms with Gasteiger partial charge in [0.2, 0.25) is 0 Å². The normalized spacial score (nSPS) is 11.6. The van der Waals surface area contributed by atoms with Crippen molar-refractivity contribution >= 4 is 5.69 Å². The first-order valence-corrected chi connectivity index (χ1v) is 5.92. The molecule has 1 heterocycles. The van der Waals surface area contributed by atoms with Crippen LogP contribution in [0.25, 0.3) is 11.3 Å². The van der Waals surface area contributed by atoms with E-state index in [2.05, 4.69) is 25.9 Å². The van der Waals surface area contributed by atoms with Crippen LogP contribution < -0.4 is 10.5 Å². The number of rotatable bonds is 2. The van der Waals surface area contributed by atoms with Crippen molar-refractivity contribution in [2.24, 2.45) is 0 Å². The molecule has 2 N–H and O–H groups in total. The summed E-state index contributed by atoms with van der Waals surface area (Å²) in [7, 11) is 1.65. The molecule has 4 heteroatoms. The number of hydrogen-bond acceptors (Lipinski definition) is 3. The van der Waals surface area contributed by atoms with Gasteiger partial charge < -0.3 is 10.5 Å². The smallest absolute Gasteiger partial charge is 0.128 e. The van der Waals surface area contributed by atoms with Crippen LogP contribution in [0.4, 0.5) is 5.69 Å². The zero-order valence-corrected chi connectivity index (χ0v) is 11.3. The van der Waals surface area contributed by atoms with E-state index in [4.69, 9.17) is 10.5 Å². The van der Waals surface area contributed by atoms with Crippen molar-refractivity contribution in [3.05, 3.63) is 30.5 Å². The third-order valence-electron chi connectivity index (χ3n) is 2.79. The van der Waals surface area contributed by atoms with Gasteiger partial charge >= 0.3 is 0 Å². The Hall–Kier alpha value is -1.97. The minimum atomic E-state index is -0.0889. The highest BCUT2D eigenvalue weighted by atomic mass is 16.5. The lowest BCUT2D eigenvalue weighted by molar-refractivity contribution is 0.356. The molecule has 0 unspecified atom stereocenters. The standard InChI is InChI=1S/C14H19N3O/c1-14(2,3)17-9-11(15)13(16-17)10-7-5-6-8-12(10)18-4/h5-9H,15H2,1-4H3. The largest absolute Gasteiger partial charge is 0.496 e. The second-order valence-electron chi connectivity index (χ2n) is 5.25. The van der Waals surface area contributed by atoms with Gasteiger partial charge in [0, 0.05) is 11.8 Å². The van der Waals surface area contributed by atoms with Gasteiger partial charge in [0.25, 0.3) is 0 Å². The number of nitrogens with two attached hydrogens (primary N) is 1. The molecule has 0 amide bonds. The number of nitrogen functional groups attached to an aromatic ring is 1. The molecule has 0 fully saturated rings. The van der Waals surface area contributed by atoms with E-state index >= 15 is 0 Å². The van der Waals surface area contributed by atoms with E-state index in [0.717, 1.165) is 17.0 Å². The van der Waals surface area contributed by atoms with E-state index < -0.39 is 0 Å². The molecule has 0 bridgehead atoms. The topological polar surface area (TPSA) is 53.1 Å². The Kier molecular flexibility index (Phi) is 3.03. The van der Waals surface area contributed by atoms with Crippen LogP contribution in [0.15, 0.2) is 30.5 Å². The highest BCUT2D eigenvalue weighted by molar-refractivity contribution is 5.76. The molecule has 0 saturated carbocycles. The van der Waals surface area contributed by atoms with Crippen molar-refractivity contribution in [2.45, 2.75) is 26.3 Å². The summed E-state index contributed by atoms with van der Waals surface area (Å²) < 4.78 is 7.22. The summed E-state index contributed by atoms with van der Waals surface area (Å²) in [5, 5.41) is 4.57. The van der Waals surface area contributed by atoms with Crippen molar-refractivity contribution in [2.75, 3.05) is 12.8 Å². The highest BCUT2D eigenvalue weighted by Crippen LogP contribution is 2.33. The summed E-state index contributed by atoms with van der Waals surface area (Å²) >= 11 is 0. The Morgan fingerprint density at radius 3 is 2.44 bits per heavy atom. The third-order valence-corrected chi connectivity index (χ3v) is 2.79. The molecule has 2 aromatic rings. The van der Waals surface area contributed by atoms with Gasteiger partial charge in [0.1, 0.15) is 11.4 Å². The molecule has 18 heavy (non-hydrogen) atoms. The molecule has 1 aromatic heterocycles. The van der Waals surface area contributed by atoms with E-state index in [9.17, 15) is 0 Å².